The number of aromatic nitrogens is 1. The van der Waals surface area contributed by atoms with Crippen molar-refractivity contribution in [2.75, 3.05) is 20.7 Å². The monoisotopic (exact) mass is 475 g/mol. The van der Waals surface area contributed by atoms with Crippen LogP contribution in [0, 0.1) is 0 Å². The number of aromatic amines is 1. The molecule has 7 heteroatoms. The molecule has 1 amide bonds. The van der Waals surface area contributed by atoms with Crippen LogP contribution in [0.15, 0.2) is 77.6 Å². The molecule has 1 unspecified atom stereocenters. The summed E-state index contributed by atoms with van der Waals surface area (Å²) in [5.41, 5.74) is 3.12. The van der Waals surface area contributed by atoms with Crippen LogP contribution in [0.1, 0.15) is 52.2 Å². The zero-order chi connectivity index (χ0) is 24.8. The van der Waals surface area contributed by atoms with Crippen LogP contribution < -0.4 is 10.9 Å². The average Bonchev–Trinajstić information content (AvgIpc) is 3.35. The molecule has 4 rings (SSSR count). The van der Waals surface area contributed by atoms with Gasteiger partial charge >= 0.3 is 0 Å². The number of methoxy groups -OCH3 is 1. The van der Waals surface area contributed by atoms with Gasteiger partial charge in [0.05, 0.1) is 12.6 Å². The molecular formula is C28H33N3O4. The highest BCUT2D eigenvalue weighted by Crippen LogP contribution is 2.26. The van der Waals surface area contributed by atoms with Gasteiger partial charge in [-0.05, 0) is 48.6 Å². The number of aliphatic hydroxyl groups is 1. The molecule has 7 nitrogen and oxygen atoms in total. The van der Waals surface area contributed by atoms with E-state index in [0.717, 1.165) is 30.4 Å². The normalized spacial score (nSPS) is 19.3. The molecule has 4 atom stereocenters. The van der Waals surface area contributed by atoms with Crippen LogP contribution in [0.4, 0.5) is 0 Å². The lowest BCUT2D eigenvalue weighted by Crippen LogP contribution is -2.35. The Morgan fingerprint density at radius 1 is 1.06 bits per heavy atom. The maximum atomic E-state index is 13.0. The van der Waals surface area contributed by atoms with Crippen LogP contribution in [0.3, 0.4) is 0 Å². The summed E-state index contributed by atoms with van der Waals surface area (Å²) in [4.78, 5) is 28.9. The number of aliphatic hydroxyl groups excluding tert-OH is 1. The number of carbonyl (C=O) groups excluding carboxylic acids is 1. The molecule has 1 saturated heterocycles. The number of pyridine rings is 1. The summed E-state index contributed by atoms with van der Waals surface area (Å²) < 4.78 is 5.51. The molecule has 2 aromatic carbocycles. The molecule has 3 aromatic rings. The number of nitrogens with zero attached hydrogens (tertiary/aromatic N) is 1. The first-order valence-electron chi connectivity index (χ1n) is 12.0. The van der Waals surface area contributed by atoms with E-state index >= 15 is 0 Å². The lowest BCUT2D eigenvalue weighted by Gasteiger charge is -2.23. The van der Waals surface area contributed by atoms with Gasteiger partial charge in [-0.3, -0.25) is 9.59 Å². The first-order chi connectivity index (χ1) is 16.9. The second-order valence-corrected chi connectivity index (χ2v) is 9.18. The number of hydrogen-bond acceptors (Lipinski definition) is 5. The third-order valence-electron chi connectivity index (χ3n) is 6.69. The number of hydrogen-bond donors (Lipinski definition) is 3. The van der Waals surface area contributed by atoms with E-state index in [4.69, 9.17) is 4.74 Å². The highest BCUT2D eigenvalue weighted by Gasteiger charge is 2.30. The number of likely N-dealkylation sites (N-methyl/N-ethyl adjacent to an activating group) is 1. The molecule has 0 radical (unpaired) electrons. The number of amides is 1. The SMILES string of the molecule is COC(CN(C)C(=O)c1ccc(C[C@@H]2CC[C@H]([C@H](O)c3ccccc3)N2)cc1)c1cccc(=O)[nH]1. The predicted octanol–water partition coefficient (Wildman–Crippen LogP) is 3.23. The summed E-state index contributed by atoms with van der Waals surface area (Å²) >= 11 is 0. The highest BCUT2D eigenvalue weighted by atomic mass is 16.5. The molecule has 1 fully saturated rings. The van der Waals surface area contributed by atoms with E-state index in [0.29, 0.717) is 17.8 Å². The van der Waals surface area contributed by atoms with Gasteiger partial charge in [-0.1, -0.05) is 48.5 Å². The lowest BCUT2D eigenvalue weighted by molar-refractivity contribution is 0.0524. The van der Waals surface area contributed by atoms with Crippen molar-refractivity contribution < 1.29 is 14.6 Å². The van der Waals surface area contributed by atoms with E-state index in [1.165, 1.54) is 6.07 Å². The molecule has 2 heterocycles. The van der Waals surface area contributed by atoms with E-state index in [1.54, 1.807) is 31.2 Å². The van der Waals surface area contributed by atoms with Gasteiger partial charge in [-0.15, -0.1) is 0 Å². The maximum Gasteiger partial charge on any atom is 0.253 e. The van der Waals surface area contributed by atoms with E-state index < -0.39 is 12.2 Å². The Morgan fingerprint density at radius 3 is 2.49 bits per heavy atom. The van der Waals surface area contributed by atoms with E-state index in [-0.39, 0.29) is 23.6 Å². The number of rotatable bonds is 9. The molecule has 1 aliphatic heterocycles. The van der Waals surface area contributed by atoms with Crippen molar-refractivity contribution in [2.24, 2.45) is 0 Å². The molecule has 0 bridgehead atoms. The minimum absolute atomic E-state index is 0.0465. The van der Waals surface area contributed by atoms with Crippen molar-refractivity contribution in [1.29, 1.82) is 0 Å². The minimum atomic E-state index is -0.513. The molecule has 184 valence electrons. The molecule has 3 N–H and O–H groups in total. The molecule has 1 aromatic heterocycles. The predicted molar refractivity (Wildman–Crippen MR) is 135 cm³/mol. The molecule has 0 spiro atoms. The number of H-pyrrole nitrogens is 1. The number of nitrogens with one attached hydrogen (secondary N) is 2. The van der Waals surface area contributed by atoms with Crippen LogP contribution in [0.25, 0.3) is 0 Å². The van der Waals surface area contributed by atoms with Crippen molar-refractivity contribution in [3.8, 4) is 0 Å². The Morgan fingerprint density at radius 2 is 1.80 bits per heavy atom. The van der Waals surface area contributed by atoms with Crippen molar-refractivity contribution >= 4 is 5.91 Å². The van der Waals surface area contributed by atoms with Crippen LogP contribution >= 0.6 is 0 Å². The molecule has 0 aliphatic carbocycles. The summed E-state index contributed by atoms with van der Waals surface area (Å²) in [6.45, 7) is 0.314. The topological polar surface area (TPSA) is 94.7 Å². The largest absolute Gasteiger partial charge is 0.387 e. The van der Waals surface area contributed by atoms with Crippen LogP contribution in [0.2, 0.25) is 0 Å². The zero-order valence-corrected chi connectivity index (χ0v) is 20.2. The minimum Gasteiger partial charge on any atom is -0.387 e. The molecule has 1 aliphatic rings. The van der Waals surface area contributed by atoms with E-state index in [2.05, 4.69) is 10.3 Å². The fourth-order valence-electron chi connectivity index (χ4n) is 4.72. The third kappa shape index (κ3) is 6.25. The number of carbonyl (C=O) groups is 1. The second kappa shape index (κ2) is 11.4. The lowest BCUT2D eigenvalue weighted by atomic mass is 10.0. The molecule has 0 saturated carbocycles. The van der Waals surface area contributed by atoms with Gasteiger partial charge in [0.2, 0.25) is 5.56 Å². The summed E-state index contributed by atoms with van der Waals surface area (Å²) in [6.07, 6.45) is 1.83. The standard InChI is InChI=1S/C28H33N3O4/c1-31(18-25(35-2)23-9-6-10-26(32)30-23)28(34)21-13-11-19(12-14-21)17-22-15-16-24(29-22)27(33)20-7-4-3-5-8-20/h3-14,22,24-25,27,29,33H,15-18H2,1-2H3,(H,30,32)/t22-,24+,25?,27+/m0/s1. The third-order valence-corrected chi connectivity index (χ3v) is 6.69. The van der Waals surface area contributed by atoms with Gasteiger partial charge in [0.25, 0.3) is 5.91 Å². The Kier molecular flexibility index (Phi) is 8.13. The van der Waals surface area contributed by atoms with Gasteiger partial charge in [0.1, 0.15) is 6.10 Å². The quantitative estimate of drug-likeness (QED) is 0.442. The van der Waals surface area contributed by atoms with Crippen molar-refractivity contribution in [3.05, 3.63) is 106 Å². The maximum absolute atomic E-state index is 13.0. The highest BCUT2D eigenvalue weighted by molar-refractivity contribution is 5.94. The van der Waals surface area contributed by atoms with Crippen LogP contribution in [0.5, 0.6) is 0 Å². The van der Waals surface area contributed by atoms with Crippen molar-refractivity contribution in [3.63, 3.8) is 0 Å². The Balaban J connectivity index is 1.32. The second-order valence-electron chi connectivity index (χ2n) is 9.18. The van der Waals surface area contributed by atoms with Crippen LogP contribution in [-0.4, -0.2) is 53.7 Å². The van der Waals surface area contributed by atoms with Gasteiger partial charge in [-0.25, -0.2) is 0 Å². The van der Waals surface area contributed by atoms with Gasteiger partial charge in [-0.2, -0.15) is 0 Å². The smallest absolute Gasteiger partial charge is 0.253 e. The average molecular weight is 476 g/mol. The Bertz CT molecular complexity index is 1160. The first-order valence-corrected chi connectivity index (χ1v) is 12.0. The summed E-state index contributed by atoms with van der Waals surface area (Å²) in [5.74, 6) is -0.109. The molecular weight excluding hydrogens is 442 g/mol. The van der Waals surface area contributed by atoms with Crippen LogP contribution in [-0.2, 0) is 11.2 Å². The first kappa shape index (κ1) is 24.9. The molecule has 35 heavy (non-hydrogen) atoms. The van der Waals surface area contributed by atoms with Gasteiger partial charge in [0, 0.05) is 43.6 Å². The van der Waals surface area contributed by atoms with E-state index in [1.807, 2.05) is 54.6 Å². The van der Waals surface area contributed by atoms with Gasteiger partial charge < -0.3 is 25.0 Å². The van der Waals surface area contributed by atoms with Crippen molar-refractivity contribution in [1.82, 2.24) is 15.2 Å². The summed E-state index contributed by atoms with van der Waals surface area (Å²) in [6, 6.07) is 22.7. The fraction of sp³-hybridized carbons (Fsp3) is 0.357. The van der Waals surface area contributed by atoms with Gasteiger partial charge in [0.15, 0.2) is 0 Å². The zero-order valence-electron chi connectivity index (χ0n) is 20.2. The summed E-state index contributed by atoms with van der Waals surface area (Å²) in [5, 5.41) is 14.3. The Labute approximate surface area is 205 Å². The van der Waals surface area contributed by atoms with E-state index in [9.17, 15) is 14.7 Å². The summed E-state index contributed by atoms with van der Waals surface area (Å²) in [7, 11) is 3.29. The number of ether oxygens (including phenoxy) is 1. The number of benzene rings is 2. The van der Waals surface area contributed by atoms with Crippen molar-refractivity contribution in [2.45, 2.75) is 43.6 Å². The fourth-order valence-corrected chi connectivity index (χ4v) is 4.72. The Hall–Kier alpha value is -3.26.